The van der Waals surface area contributed by atoms with E-state index >= 15 is 0 Å². The second-order valence-electron chi connectivity index (χ2n) is 7.39. The molecule has 9 heteroatoms. The number of nitrogens with one attached hydrogen (secondary N) is 1. The van der Waals surface area contributed by atoms with E-state index in [0.717, 1.165) is 11.1 Å². The average molecular weight is 409 g/mol. The molecule has 5 N–H and O–H groups in total. The predicted molar refractivity (Wildman–Crippen MR) is 108 cm³/mol. The number of alkyl halides is 2. The van der Waals surface area contributed by atoms with Crippen LogP contribution in [-0.4, -0.2) is 34.4 Å². The first-order valence-electron chi connectivity index (χ1n) is 9.10. The smallest absolute Gasteiger partial charge is 0.272 e. The number of ether oxygens (including phenoxy) is 1. The maximum absolute atomic E-state index is 12.2. The van der Waals surface area contributed by atoms with Crippen molar-refractivity contribution in [2.45, 2.75) is 52.2 Å². The zero-order chi connectivity index (χ0) is 22.0. The summed E-state index contributed by atoms with van der Waals surface area (Å²) in [5, 5.41) is 3.43. The van der Waals surface area contributed by atoms with Crippen LogP contribution in [0.1, 0.15) is 55.4 Å². The largest absolute Gasteiger partial charge is 0.488 e. The molecule has 0 aliphatic carbocycles. The summed E-state index contributed by atoms with van der Waals surface area (Å²) < 4.78 is 29.5. The Hall–Kier alpha value is -2.65. The molecule has 0 saturated carbocycles. The summed E-state index contributed by atoms with van der Waals surface area (Å²) in [7, 11) is 0. The highest BCUT2D eigenvalue weighted by atomic mass is 19.3. The van der Waals surface area contributed by atoms with Crippen molar-refractivity contribution in [1.82, 2.24) is 15.3 Å². The van der Waals surface area contributed by atoms with E-state index in [1.54, 1.807) is 12.1 Å². The van der Waals surface area contributed by atoms with Gasteiger partial charge in [-0.05, 0) is 51.0 Å². The highest BCUT2D eigenvalue weighted by Gasteiger charge is 2.16. The van der Waals surface area contributed by atoms with Crippen molar-refractivity contribution in [1.29, 1.82) is 0 Å². The summed E-state index contributed by atoms with van der Waals surface area (Å²) in [6.45, 7) is 7.99. The van der Waals surface area contributed by atoms with Crippen molar-refractivity contribution in [2.24, 2.45) is 11.5 Å². The van der Waals surface area contributed by atoms with Gasteiger partial charge in [0.05, 0.1) is 6.20 Å². The molecule has 1 aromatic heterocycles. The normalized spacial score (nSPS) is 12.1. The summed E-state index contributed by atoms with van der Waals surface area (Å²) in [4.78, 5) is 17.6. The molecular formula is C20H29F2N5O2. The van der Waals surface area contributed by atoms with E-state index in [1.807, 2.05) is 13.0 Å². The number of rotatable bonds is 7. The van der Waals surface area contributed by atoms with Crippen molar-refractivity contribution in [3.05, 3.63) is 53.6 Å². The lowest BCUT2D eigenvalue weighted by Crippen LogP contribution is -2.37. The van der Waals surface area contributed by atoms with E-state index in [0.29, 0.717) is 12.3 Å². The Balaban J connectivity index is 0.000000387. The molecule has 2 rings (SSSR count). The number of carbonyl (C=O) groups excluding carboxylic acids is 1. The van der Waals surface area contributed by atoms with Crippen LogP contribution in [0.25, 0.3) is 0 Å². The van der Waals surface area contributed by atoms with Gasteiger partial charge in [-0.1, -0.05) is 6.07 Å². The maximum atomic E-state index is 12.2. The van der Waals surface area contributed by atoms with Gasteiger partial charge in [0, 0.05) is 30.5 Å². The fourth-order valence-electron chi connectivity index (χ4n) is 2.46. The zero-order valence-corrected chi connectivity index (χ0v) is 17.2. The van der Waals surface area contributed by atoms with Crippen molar-refractivity contribution in [2.75, 3.05) is 6.61 Å². The predicted octanol–water partition coefficient (Wildman–Crippen LogP) is 2.81. The maximum Gasteiger partial charge on any atom is 0.272 e. The molecule has 0 bridgehead atoms. The minimum absolute atomic E-state index is 0.0396. The number of carbonyl (C=O) groups is 1. The fraction of sp³-hybridized carbons (Fsp3) is 0.450. The number of amides is 1. The highest BCUT2D eigenvalue weighted by Crippen LogP contribution is 2.24. The number of primary amides is 1. The molecule has 29 heavy (non-hydrogen) atoms. The molecule has 1 atom stereocenters. The van der Waals surface area contributed by atoms with Gasteiger partial charge < -0.3 is 21.5 Å². The Kier molecular flexibility index (Phi) is 9.57. The third-order valence-corrected chi connectivity index (χ3v) is 3.57. The van der Waals surface area contributed by atoms with Crippen LogP contribution in [0.5, 0.6) is 5.75 Å². The lowest BCUT2D eigenvalue weighted by molar-refractivity contribution is 0.0818. The molecule has 0 saturated heterocycles. The molecule has 0 fully saturated rings. The summed E-state index contributed by atoms with van der Waals surface area (Å²) in [5.74, 6) is -0.117. The SMILES string of the molecule is CC(NC(C)(C)C)c1cc(CN)cc(OCC(F)F)c1.NC(=O)c1cnccn1. The molecule has 2 aromatic rings. The van der Waals surface area contributed by atoms with E-state index in [9.17, 15) is 13.6 Å². The quantitative estimate of drug-likeness (QED) is 0.648. The summed E-state index contributed by atoms with van der Waals surface area (Å²) in [6.07, 6.45) is 1.74. The zero-order valence-electron chi connectivity index (χ0n) is 17.2. The van der Waals surface area contributed by atoms with E-state index in [2.05, 4.69) is 36.1 Å². The van der Waals surface area contributed by atoms with Gasteiger partial charge in [-0.15, -0.1) is 0 Å². The molecule has 160 valence electrons. The van der Waals surface area contributed by atoms with Crippen LogP contribution in [0, 0.1) is 0 Å². The van der Waals surface area contributed by atoms with Gasteiger partial charge in [-0.3, -0.25) is 9.78 Å². The van der Waals surface area contributed by atoms with Gasteiger partial charge in [0.2, 0.25) is 0 Å². The number of nitrogens with two attached hydrogens (primary N) is 2. The first-order valence-corrected chi connectivity index (χ1v) is 9.10. The van der Waals surface area contributed by atoms with Gasteiger partial charge >= 0.3 is 0 Å². The highest BCUT2D eigenvalue weighted by molar-refractivity contribution is 5.90. The number of nitrogens with zero attached hydrogens (tertiary/aromatic N) is 2. The van der Waals surface area contributed by atoms with Crippen molar-refractivity contribution in [3.8, 4) is 5.75 Å². The van der Waals surface area contributed by atoms with Crippen molar-refractivity contribution < 1.29 is 18.3 Å². The number of hydrogen-bond donors (Lipinski definition) is 3. The van der Waals surface area contributed by atoms with Gasteiger partial charge in [0.25, 0.3) is 12.3 Å². The molecule has 1 unspecified atom stereocenters. The van der Waals surface area contributed by atoms with Crippen molar-refractivity contribution >= 4 is 5.91 Å². The Bertz CT molecular complexity index is 767. The Labute approximate surface area is 169 Å². The average Bonchev–Trinajstić information content (AvgIpc) is 2.66. The molecule has 1 heterocycles. The van der Waals surface area contributed by atoms with Gasteiger partial charge in [-0.2, -0.15) is 0 Å². The van der Waals surface area contributed by atoms with Crippen LogP contribution in [-0.2, 0) is 6.54 Å². The standard InChI is InChI=1S/C15H24F2N2O.C5H5N3O/c1-10(19-15(2,3)4)12-5-11(8-18)6-13(7-12)20-9-14(16)17;6-5(9)4-3-7-1-2-8-4/h5-7,10,14,19H,8-9,18H2,1-4H3;1-3H,(H2,6,9). The summed E-state index contributed by atoms with van der Waals surface area (Å²) in [5.41, 5.74) is 12.5. The molecule has 1 amide bonds. The van der Waals surface area contributed by atoms with Gasteiger partial charge in [0.15, 0.2) is 0 Å². The van der Waals surface area contributed by atoms with Gasteiger partial charge in [-0.25, -0.2) is 13.8 Å². The molecule has 1 aromatic carbocycles. The molecule has 0 radical (unpaired) electrons. The third-order valence-electron chi connectivity index (χ3n) is 3.57. The first-order chi connectivity index (χ1) is 13.5. The van der Waals surface area contributed by atoms with Crippen LogP contribution in [0.4, 0.5) is 8.78 Å². The van der Waals surface area contributed by atoms with Crippen molar-refractivity contribution in [3.63, 3.8) is 0 Å². The number of hydrogen-bond acceptors (Lipinski definition) is 6. The van der Waals surface area contributed by atoms with Crippen LogP contribution in [0.15, 0.2) is 36.8 Å². The second-order valence-corrected chi connectivity index (χ2v) is 7.39. The van der Waals surface area contributed by atoms with Gasteiger partial charge in [0.1, 0.15) is 18.1 Å². The third kappa shape index (κ3) is 9.91. The lowest BCUT2D eigenvalue weighted by Gasteiger charge is -2.27. The van der Waals surface area contributed by atoms with E-state index in [-0.39, 0.29) is 17.3 Å². The summed E-state index contributed by atoms with van der Waals surface area (Å²) in [6, 6.07) is 5.54. The molecule has 0 aliphatic heterocycles. The van der Waals surface area contributed by atoms with Crippen LogP contribution < -0.4 is 21.5 Å². The molecule has 0 aliphatic rings. The topological polar surface area (TPSA) is 116 Å². The van der Waals surface area contributed by atoms with E-state index in [4.69, 9.17) is 16.2 Å². The fourth-order valence-corrected chi connectivity index (χ4v) is 2.46. The minimum Gasteiger partial charge on any atom is -0.488 e. The van der Waals surface area contributed by atoms with E-state index < -0.39 is 18.9 Å². The number of benzene rings is 1. The second kappa shape index (κ2) is 11.4. The number of aromatic nitrogens is 2. The van der Waals surface area contributed by atoms with Crippen LogP contribution in [0.2, 0.25) is 0 Å². The molecule has 0 spiro atoms. The Morgan fingerprint density at radius 2 is 1.93 bits per heavy atom. The molecular weight excluding hydrogens is 380 g/mol. The number of halogens is 2. The van der Waals surface area contributed by atoms with E-state index in [1.165, 1.54) is 18.6 Å². The monoisotopic (exact) mass is 409 g/mol. The van der Waals surface area contributed by atoms with Crippen LogP contribution >= 0.6 is 0 Å². The lowest BCUT2D eigenvalue weighted by atomic mass is 10.0. The summed E-state index contributed by atoms with van der Waals surface area (Å²) >= 11 is 0. The Morgan fingerprint density at radius 1 is 1.24 bits per heavy atom. The minimum atomic E-state index is -2.48. The first kappa shape index (κ1) is 24.4. The molecule has 7 nitrogen and oxygen atoms in total. The van der Waals surface area contributed by atoms with Crippen LogP contribution in [0.3, 0.4) is 0 Å². The Morgan fingerprint density at radius 3 is 2.38 bits per heavy atom.